The maximum atomic E-state index is 10.4. The highest BCUT2D eigenvalue weighted by Crippen LogP contribution is 2.44. The number of rotatable bonds is 1. The number of hydrogen-bond acceptors (Lipinski definition) is 2. The standard InChI is InChI=1S/C5H9NO2/c1-5(4(6)8)2-3(5)7/h3,7H,2H2,1H3,(H2,6,8). The number of primary amides is 1. The normalized spacial score (nSPS) is 44.0. The maximum absolute atomic E-state index is 10.4. The third-order valence-electron chi connectivity index (χ3n) is 1.76. The summed E-state index contributed by atoms with van der Waals surface area (Å²) in [6.07, 6.45) is 0.0440. The van der Waals surface area contributed by atoms with Crippen molar-refractivity contribution in [3.63, 3.8) is 0 Å². The lowest BCUT2D eigenvalue weighted by Crippen LogP contribution is -2.24. The molecule has 0 aromatic heterocycles. The van der Waals surface area contributed by atoms with Gasteiger partial charge in [0.2, 0.25) is 5.91 Å². The van der Waals surface area contributed by atoms with Crippen molar-refractivity contribution in [3.05, 3.63) is 0 Å². The van der Waals surface area contributed by atoms with Crippen molar-refractivity contribution < 1.29 is 9.90 Å². The molecule has 1 rings (SSSR count). The van der Waals surface area contributed by atoms with Gasteiger partial charge in [0.1, 0.15) is 0 Å². The lowest BCUT2D eigenvalue weighted by molar-refractivity contribution is -0.123. The molecule has 0 aromatic rings. The molecule has 1 aliphatic rings. The monoisotopic (exact) mass is 115 g/mol. The fourth-order valence-electron chi connectivity index (χ4n) is 0.608. The van der Waals surface area contributed by atoms with E-state index in [1.807, 2.05) is 0 Å². The first kappa shape index (κ1) is 5.56. The van der Waals surface area contributed by atoms with Gasteiger partial charge in [0.05, 0.1) is 11.5 Å². The van der Waals surface area contributed by atoms with Gasteiger partial charge in [0, 0.05) is 0 Å². The second kappa shape index (κ2) is 1.23. The predicted molar refractivity (Wildman–Crippen MR) is 27.9 cm³/mol. The minimum absolute atomic E-state index is 0.398. The van der Waals surface area contributed by atoms with Crippen LogP contribution in [0.2, 0.25) is 0 Å². The van der Waals surface area contributed by atoms with Crippen LogP contribution in [0.4, 0.5) is 0 Å². The summed E-state index contributed by atoms with van der Waals surface area (Å²) >= 11 is 0. The number of carbonyl (C=O) groups excluding carboxylic acids is 1. The van der Waals surface area contributed by atoms with Crippen molar-refractivity contribution in [2.75, 3.05) is 0 Å². The molecule has 0 aromatic carbocycles. The van der Waals surface area contributed by atoms with Crippen LogP contribution < -0.4 is 5.73 Å². The number of carbonyl (C=O) groups is 1. The molecule has 0 spiro atoms. The molecule has 2 unspecified atom stereocenters. The van der Waals surface area contributed by atoms with Gasteiger partial charge in [-0.05, 0) is 13.3 Å². The molecule has 0 aliphatic heterocycles. The van der Waals surface area contributed by atoms with Crippen LogP contribution in [0.5, 0.6) is 0 Å². The summed E-state index contributed by atoms with van der Waals surface area (Å²) in [5.41, 5.74) is 4.33. The molecule has 1 aliphatic carbocycles. The van der Waals surface area contributed by atoms with Gasteiger partial charge in [-0.25, -0.2) is 0 Å². The Hall–Kier alpha value is -0.570. The average molecular weight is 115 g/mol. The molecule has 0 heterocycles. The number of hydrogen-bond donors (Lipinski definition) is 2. The highest BCUT2D eigenvalue weighted by molar-refractivity contribution is 5.84. The Morgan fingerprint density at radius 2 is 2.38 bits per heavy atom. The fourth-order valence-corrected chi connectivity index (χ4v) is 0.608. The molecule has 3 N–H and O–H groups in total. The number of amides is 1. The Morgan fingerprint density at radius 3 is 2.38 bits per heavy atom. The van der Waals surface area contributed by atoms with Crippen molar-refractivity contribution in [3.8, 4) is 0 Å². The van der Waals surface area contributed by atoms with Gasteiger partial charge < -0.3 is 10.8 Å². The van der Waals surface area contributed by atoms with E-state index in [2.05, 4.69) is 0 Å². The Morgan fingerprint density at radius 1 is 2.00 bits per heavy atom. The van der Waals surface area contributed by atoms with Crippen LogP contribution in [0, 0.1) is 5.41 Å². The van der Waals surface area contributed by atoms with Gasteiger partial charge in [0.15, 0.2) is 0 Å². The Kier molecular flexibility index (Phi) is 0.854. The summed E-state index contributed by atoms with van der Waals surface area (Å²) in [6.45, 7) is 1.67. The molecule has 2 atom stereocenters. The van der Waals surface area contributed by atoms with E-state index in [9.17, 15) is 4.79 Å². The summed E-state index contributed by atoms with van der Waals surface area (Å²) in [5.74, 6) is -0.398. The third kappa shape index (κ3) is 0.512. The summed E-state index contributed by atoms with van der Waals surface area (Å²) < 4.78 is 0. The number of aliphatic hydroxyl groups excluding tert-OH is 1. The predicted octanol–water partition coefficient (Wildman–Crippen LogP) is -0.757. The summed E-state index contributed by atoms with van der Waals surface area (Å²) in [7, 11) is 0. The van der Waals surface area contributed by atoms with E-state index in [-0.39, 0.29) is 0 Å². The molecular formula is C5H9NO2. The molecule has 0 bridgehead atoms. The van der Waals surface area contributed by atoms with E-state index in [0.29, 0.717) is 6.42 Å². The van der Waals surface area contributed by atoms with Gasteiger partial charge in [-0.3, -0.25) is 4.79 Å². The quantitative estimate of drug-likeness (QED) is 0.472. The molecule has 1 fully saturated rings. The van der Waals surface area contributed by atoms with E-state index in [0.717, 1.165) is 0 Å². The maximum Gasteiger partial charge on any atom is 0.226 e. The molecular weight excluding hydrogens is 106 g/mol. The first-order valence-electron chi connectivity index (χ1n) is 2.55. The molecule has 3 heteroatoms. The van der Waals surface area contributed by atoms with Gasteiger partial charge in [-0.15, -0.1) is 0 Å². The second-order valence-electron chi connectivity index (χ2n) is 2.50. The van der Waals surface area contributed by atoms with Crippen molar-refractivity contribution in [2.24, 2.45) is 11.1 Å². The van der Waals surface area contributed by atoms with Crippen LogP contribution in [0.25, 0.3) is 0 Å². The number of nitrogens with two attached hydrogens (primary N) is 1. The van der Waals surface area contributed by atoms with Gasteiger partial charge in [-0.1, -0.05) is 0 Å². The lowest BCUT2D eigenvalue weighted by atomic mass is 10.1. The van der Waals surface area contributed by atoms with Crippen LogP contribution in [0.3, 0.4) is 0 Å². The van der Waals surface area contributed by atoms with Gasteiger partial charge >= 0.3 is 0 Å². The van der Waals surface area contributed by atoms with Crippen LogP contribution in [-0.2, 0) is 4.79 Å². The summed E-state index contributed by atoms with van der Waals surface area (Å²) in [5, 5.41) is 8.76. The second-order valence-corrected chi connectivity index (χ2v) is 2.50. The minimum atomic E-state index is -0.597. The minimum Gasteiger partial charge on any atom is -0.392 e. The molecule has 1 saturated carbocycles. The molecule has 0 saturated heterocycles. The average Bonchev–Trinajstić information content (AvgIpc) is 2.17. The van der Waals surface area contributed by atoms with Crippen molar-refractivity contribution in [2.45, 2.75) is 19.4 Å². The van der Waals surface area contributed by atoms with Crippen molar-refractivity contribution >= 4 is 5.91 Å². The van der Waals surface area contributed by atoms with E-state index < -0.39 is 17.4 Å². The Bertz CT molecular complexity index is 134. The van der Waals surface area contributed by atoms with Crippen molar-refractivity contribution in [1.82, 2.24) is 0 Å². The van der Waals surface area contributed by atoms with Gasteiger partial charge in [-0.2, -0.15) is 0 Å². The van der Waals surface area contributed by atoms with E-state index in [1.165, 1.54) is 0 Å². The Labute approximate surface area is 47.5 Å². The molecule has 0 radical (unpaired) electrons. The zero-order valence-electron chi connectivity index (χ0n) is 4.72. The first-order valence-corrected chi connectivity index (χ1v) is 2.55. The molecule has 8 heavy (non-hydrogen) atoms. The largest absolute Gasteiger partial charge is 0.392 e. The van der Waals surface area contributed by atoms with Gasteiger partial charge in [0.25, 0.3) is 0 Å². The van der Waals surface area contributed by atoms with E-state index >= 15 is 0 Å². The van der Waals surface area contributed by atoms with Crippen molar-refractivity contribution in [1.29, 1.82) is 0 Å². The van der Waals surface area contributed by atoms with E-state index in [1.54, 1.807) is 6.92 Å². The van der Waals surface area contributed by atoms with Crippen LogP contribution >= 0.6 is 0 Å². The topological polar surface area (TPSA) is 63.3 Å². The SMILES string of the molecule is CC1(C(N)=O)CC1O. The van der Waals surface area contributed by atoms with E-state index in [4.69, 9.17) is 10.8 Å². The molecule has 3 nitrogen and oxygen atoms in total. The Balaban J connectivity index is 2.60. The number of aliphatic hydroxyl groups is 1. The summed E-state index contributed by atoms with van der Waals surface area (Å²) in [4.78, 5) is 10.4. The smallest absolute Gasteiger partial charge is 0.226 e. The first-order chi connectivity index (χ1) is 3.57. The van der Waals surface area contributed by atoms with Crippen LogP contribution in [0.15, 0.2) is 0 Å². The van der Waals surface area contributed by atoms with Crippen LogP contribution in [0.1, 0.15) is 13.3 Å². The molecule has 46 valence electrons. The lowest BCUT2D eigenvalue weighted by Gasteiger charge is -1.98. The fraction of sp³-hybridized carbons (Fsp3) is 0.800. The zero-order valence-corrected chi connectivity index (χ0v) is 4.72. The summed E-state index contributed by atoms with van der Waals surface area (Å²) in [6, 6.07) is 0. The zero-order chi connectivity index (χ0) is 6.36. The highest BCUT2D eigenvalue weighted by Gasteiger charge is 2.54. The highest BCUT2D eigenvalue weighted by atomic mass is 16.3. The molecule has 1 amide bonds. The van der Waals surface area contributed by atoms with Crippen LogP contribution in [-0.4, -0.2) is 17.1 Å². The third-order valence-corrected chi connectivity index (χ3v) is 1.76.